The van der Waals surface area contributed by atoms with Gasteiger partial charge in [-0.1, -0.05) is 23.8 Å². The normalized spacial score (nSPS) is 14.4. The van der Waals surface area contributed by atoms with Crippen LogP contribution in [0.1, 0.15) is 24.3 Å². The summed E-state index contributed by atoms with van der Waals surface area (Å²) in [5, 5.41) is 1.41. The van der Waals surface area contributed by atoms with Gasteiger partial charge in [0.1, 0.15) is 0 Å². The predicted molar refractivity (Wildman–Crippen MR) is 86.9 cm³/mol. The Morgan fingerprint density at radius 1 is 1.00 bits per heavy atom. The van der Waals surface area contributed by atoms with Crippen molar-refractivity contribution in [1.29, 1.82) is 0 Å². The number of thiophene rings is 1. The van der Waals surface area contributed by atoms with Gasteiger partial charge in [-0.15, -0.1) is 11.3 Å². The minimum atomic E-state index is -3.29. The van der Waals surface area contributed by atoms with Gasteiger partial charge in [0.2, 0.25) is 0 Å². The Labute approximate surface area is 135 Å². The van der Waals surface area contributed by atoms with E-state index in [2.05, 4.69) is 44.5 Å². The summed E-state index contributed by atoms with van der Waals surface area (Å²) in [6.07, 6.45) is 2.31. The van der Waals surface area contributed by atoms with Gasteiger partial charge < -0.3 is 0 Å². The fourth-order valence-corrected chi connectivity index (χ4v) is 3.24. The Kier molecular flexibility index (Phi) is 5.49. The van der Waals surface area contributed by atoms with E-state index in [9.17, 15) is 0 Å². The van der Waals surface area contributed by atoms with Gasteiger partial charge in [-0.25, -0.2) is 0 Å². The molecular weight excluding hydrogens is 421 g/mol. The number of benzene rings is 1. The fraction of sp³-hybridized carbons (Fsp3) is 0.154. The van der Waals surface area contributed by atoms with Gasteiger partial charge in [-0.3, -0.25) is 0 Å². The molecule has 0 saturated heterocycles. The van der Waals surface area contributed by atoms with Crippen LogP contribution in [0.3, 0.4) is 0 Å². The molecule has 0 N–H and O–H groups in total. The van der Waals surface area contributed by atoms with Gasteiger partial charge in [0.05, 0.1) is 0 Å². The zero-order valence-corrected chi connectivity index (χ0v) is 16.6. The Balaban J connectivity index is 0.000000232. The molecule has 6 heteroatoms. The third-order valence-corrected chi connectivity index (χ3v) is 4.23. The van der Waals surface area contributed by atoms with Crippen molar-refractivity contribution in [1.82, 2.24) is 0 Å². The summed E-state index contributed by atoms with van der Waals surface area (Å²) in [7, 11) is 20.1. The SMILES string of the molecule is CC1=C(C)c2sc3ccccc3c2[CH]1.[Cl][Zr]([Cl])([Cl])[Cl]. The molecule has 0 bridgehead atoms. The zero-order valence-electron chi connectivity index (χ0n) is 10.3. The van der Waals surface area contributed by atoms with Crippen LogP contribution in [0.5, 0.6) is 0 Å². The van der Waals surface area contributed by atoms with Gasteiger partial charge in [-0.05, 0) is 36.4 Å². The van der Waals surface area contributed by atoms with Crippen LogP contribution in [0.25, 0.3) is 15.7 Å². The van der Waals surface area contributed by atoms with Crippen LogP contribution < -0.4 is 0 Å². The van der Waals surface area contributed by atoms with Crippen LogP contribution in [-0.4, -0.2) is 0 Å². The first-order valence-corrected chi connectivity index (χ1v) is 19.0. The Morgan fingerprint density at radius 2 is 1.58 bits per heavy atom. The first kappa shape index (κ1) is 16.3. The summed E-state index contributed by atoms with van der Waals surface area (Å²) < 4.78 is 1.40. The van der Waals surface area contributed by atoms with Crippen molar-refractivity contribution in [2.24, 2.45) is 0 Å². The third kappa shape index (κ3) is 4.22. The van der Waals surface area contributed by atoms with Gasteiger partial charge in [0.15, 0.2) is 0 Å². The van der Waals surface area contributed by atoms with Crippen molar-refractivity contribution in [3.05, 3.63) is 46.7 Å². The second kappa shape index (κ2) is 6.38. The number of hydrogen-bond acceptors (Lipinski definition) is 1. The minimum absolute atomic E-state index is 1.40. The molecule has 1 aromatic carbocycles. The number of fused-ring (bicyclic) bond motifs is 3. The standard InChI is InChI=1S/C13H11S.4ClH.Zr/c1-8-7-11-10-5-3-4-6-12(10)14-13(11)9(8)2;;;;;/h3-7H,1-2H3;4*1H;/q;;;;;+4/p-4. The van der Waals surface area contributed by atoms with Crippen molar-refractivity contribution >= 4 is 61.0 Å². The van der Waals surface area contributed by atoms with Crippen molar-refractivity contribution < 1.29 is 15.5 Å². The average Bonchev–Trinajstić information content (AvgIpc) is 2.76. The summed E-state index contributed by atoms with van der Waals surface area (Å²) in [5.74, 6) is 0. The van der Waals surface area contributed by atoms with Gasteiger partial charge in [-0.2, -0.15) is 0 Å². The Bertz CT molecular complexity index is 634. The van der Waals surface area contributed by atoms with Gasteiger partial charge in [0, 0.05) is 16.0 Å². The van der Waals surface area contributed by atoms with E-state index in [0.29, 0.717) is 0 Å². The molecule has 1 aliphatic carbocycles. The summed E-state index contributed by atoms with van der Waals surface area (Å²) in [4.78, 5) is 1.46. The van der Waals surface area contributed by atoms with Gasteiger partial charge in [0.25, 0.3) is 0 Å². The van der Waals surface area contributed by atoms with Crippen LogP contribution in [0, 0.1) is 6.42 Å². The van der Waals surface area contributed by atoms with Crippen LogP contribution in [0.15, 0.2) is 29.8 Å². The molecule has 1 aliphatic rings. The number of rotatable bonds is 0. The van der Waals surface area contributed by atoms with E-state index in [1.165, 1.54) is 31.7 Å². The average molecular weight is 432 g/mol. The molecule has 0 atom stereocenters. The quantitative estimate of drug-likeness (QED) is 0.420. The summed E-state index contributed by atoms with van der Waals surface area (Å²) in [6, 6.07) is 8.65. The van der Waals surface area contributed by atoms with Crippen LogP contribution in [-0.2, 0) is 15.5 Å². The topological polar surface area (TPSA) is 0 Å². The molecule has 0 saturated carbocycles. The summed E-state index contributed by atoms with van der Waals surface area (Å²) in [5.41, 5.74) is 4.29. The van der Waals surface area contributed by atoms with E-state index in [1.807, 2.05) is 11.3 Å². The van der Waals surface area contributed by atoms with Crippen LogP contribution >= 0.6 is 45.4 Å². The van der Waals surface area contributed by atoms with Gasteiger partial charge >= 0.3 is 49.5 Å². The van der Waals surface area contributed by atoms with E-state index < -0.39 is 15.5 Å². The zero-order chi connectivity index (χ0) is 14.2. The molecule has 0 amide bonds. The number of hydrogen-bond donors (Lipinski definition) is 0. The molecule has 3 rings (SSSR count). The Morgan fingerprint density at radius 3 is 2.21 bits per heavy atom. The van der Waals surface area contributed by atoms with E-state index in [4.69, 9.17) is 34.1 Å². The summed E-state index contributed by atoms with van der Waals surface area (Å²) >= 11 is -1.38. The molecule has 19 heavy (non-hydrogen) atoms. The molecule has 0 unspecified atom stereocenters. The second-order valence-electron chi connectivity index (χ2n) is 4.22. The van der Waals surface area contributed by atoms with Crippen molar-refractivity contribution in [2.45, 2.75) is 13.8 Å². The fourth-order valence-electron chi connectivity index (χ4n) is 1.99. The number of halogens is 4. The Hall–Kier alpha value is 0.963. The van der Waals surface area contributed by atoms with E-state index >= 15 is 0 Å². The first-order chi connectivity index (χ1) is 8.77. The van der Waals surface area contributed by atoms with E-state index in [0.717, 1.165) is 0 Å². The first-order valence-electron chi connectivity index (χ1n) is 5.57. The monoisotopic (exact) mass is 429 g/mol. The van der Waals surface area contributed by atoms with Crippen molar-refractivity contribution in [3.8, 4) is 0 Å². The molecule has 0 aliphatic heterocycles. The molecule has 0 spiro atoms. The van der Waals surface area contributed by atoms with E-state index in [1.54, 1.807) is 0 Å². The molecule has 0 fully saturated rings. The van der Waals surface area contributed by atoms with Crippen molar-refractivity contribution in [2.75, 3.05) is 0 Å². The molecule has 2 aromatic rings. The maximum atomic E-state index is 5.04. The molecule has 1 aromatic heterocycles. The molecule has 1 radical (unpaired) electrons. The van der Waals surface area contributed by atoms with Crippen LogP contribution in [0.4, 0.5) is 0 Å². The maximum absolute atomic E-state index is 5.04. The summed E-state index contributed by atoms with van der Waals surface area (Å²) in [6.45, 7) is 4.41. The predicted octanol–water partition coefficient (Wildman–Crippen LogP) is 7.02. The second-order valence-corrected chi connectivity index (χ2v) is 27.7. The third-order valence-electron chi connectivity index (χ3n) is 2.93. The van der Waals surface area contributed by atoms with Crippen LogP contribution in [0.2, 0.25) is 0 Å². The molecule has 0 nitrogen and oxygen atoms in total. The number of allylic oxidation sites excluding steroid dienone is 2. The molecule has 101 valence electrons. The van der Waals surface area contributed by atoms with E-state index in [-0.39, 0.29) is 0 Å². The molecular formula is C13H11Cl4SZr. The van der Waals surface area contributed by atoms with Crippen molar-refractivity contribution in [3.63, 3.8) is 0 Å². The molecule has 1 heterocycles.